The molecule has 1 heterocycles. The number of anilines is 3. The molecule has 0 unspecified atom stereocenters. The second kappa shape index (κ2) is 6.16. The van der Waals surface area contributed by atoms with Gasteiger partial charge in [0.25, 0.3) is 0 Å². The molecular weight excluding hydrogens is 259 g/mol. The van der Waals surface area contributed by atoms with E-state index >= 15 is 0 Å². The highest BCUT2D eigenvalue weighted by atomic mass is 15.2. The first-order valence-corrected chi connectivity index (χ1v) is 7.69. The lowest BCUT2D eigenvalue weighted by Crippen LogP contribution is -2.37. The van der Waals surface area contributed by atoms with Crippen LogP contribution in [0.5, 0.6) is 0 Å². The predicted molar refractivity (Wildman–Crippen MR) is 90.1 cm³/mol. The lowest BCUT2D eigenvalue weighted by molar-refractivity contribution is 0.435. The van der Waals surface area contributed by atoms with E-state index in [1.165, 1.54) is 37.8 Å². The molecule has 1 saturated carbocycles. The Morgan fingerprint density at radius 3 is 2.52 bits per heavy atom. The third kappa shape index (κ3) is 3.02. The monoisotopic (exact) mass is 280 g/mol. The number of aromatic nitrogens is 2. The summed E-state index contributed by atoms with van der Waals surface area (Å²) in [5.41, 5.74) is 8.08. The molecule has 0 amide bonds. The molecule has 5 heteroatoms. The third-order valence-corrected chi connectivity index (χ3v) is 4.17. The van der Waals surface area contributed by atoms with Crippen molar-refractivity contribution in [2.24, 2.45) is 0 Å². The molecule has 2 aromatic rings. The smallest absolute Gasteiger partial charge is 0.221 e. The van der Waals surface area contributed by atoms with E-state index in [0.717, 1.165) is 11.3 Å². The normalized spacial score (nSPS) is 15.8. The molecule has 1 aromatic carbocycles. The first kappa shape index (κ1) is 13.9. The highest BCUT2D eigenvalue weighted by Crippen LogP contribution is 2.32. The summed E-state index contributed by atoms with van der Waals surface area (Å²) in [6.45, 7) is 0. The highest BCUT2D eigenvalue weighted by Gasteiger charge is 2.25. The average molecular weight is 280 g/mol. The van der Waals surface area contributed by atoms with Gasteiger partial charge in [-0.15, -0.1) is 0 Å². The summed E-state index contributed by atoms with van der Waals surface area (Å²) in [6.07, 6.45) is 8.14. The Morgan fingerprint density at radius 1 is 1.10 bits per heavy atom. The van der Waals surface area contributed by atoms with Gasteiger partial charge in [-0.05, 0) is 30.4 Å². The minimum atomic E-state index is 0.340. The number of nitrogen functional groups attached to an aromatic ring is 1. The van der Waals surface area contributed by atoms with Gasteiger partial charge in [-0.25, -0.2) is 4.98 Å². The zero-order valence-electron chi connectivity index (χ0n) is 12.5. The summed E-state index contributed by atoms with van der Waals surface area (Å²) in [7, 11) is 2.05. The molecule has 1 aliphatic rings. The van der Waals surface area contributed by atoms with Crippen LogP contribution in [0.1, 0.15) is 32.1 Å². The summed E-state index contributed by atoms with van der Waals surface area (Å²) in [5.74, 6) is 1.29. The Kier molecular flexibility index (Phi) is 4.09. The zero-order chi connectivity index (χ0) is 14.7. The van der Waals surface area contributed by atoms with Gasteiger partial charge in [0, 0.05) is 17.9 Å². The van der Waals surface area contributed by atoms with Gasteiger partial charge in [0.2, 0.25) is 5.95 Å². The number of nitrogens with two attached hydrogens (primary N) is 1. The van der Waals surface area contributed by atoms with Gasteiger partial charge < -0.3 is 10.6 Å². The Morgan fingerprint density at radius 2 is 1.81 bits per heavy atom. The van der Waals surface area contributed by atoms with Crippen molar-refractivity contribution in [2.45, 2.75) is 38.1 Å². The van der Waals surface area contributed by atoms with Crippen LogP contribution < -0.4 is 16.1 Å². The van der Waals surface area contributed by atoms with E-state index in [0.29, 0.717) is 12.0 Å². The highest BCUT2D eigenvalue weighted by molar-refractivity contribution is 6.35. The Bertz CT molecular complexity index is 596. The molecule has 0 spiro atoms. The van der Waals surface area contributed by atoms with Crippen molar-refractivity contribution >= 4 is 30.8 Å². The van der Waals surface area contributed by atoms with Crippen molar-refractivity contribution in [2.75, 3.05) is 10.6 Å². The summed E-state index contributed by atoms with van der Waals surface area (Å²) in [5, 5.41) is 0. The van der Waals surface area contributed by atoms with Crippen LogP contribution in [-0.4, -0.2) is 23.9 Å². The van der Waals surface area contributed by atoms with E-state index in [1.54, 1.807) is 0 Å². The fourth-order valence-corrected chi connectivity index (χ4v) is 3.12. The fourth-order valence-electron chi connectivity index (χ4n) is 3.12. The lowest BCUT2D eigenvalue weighted by atomic mass is 9.91. The van der Waals surface area contributed by atoms with Crippen molar-refractivity contribution in [1.82, 2.24) is 9.97 Å². The lowest BCUT2D eigenvalue weighted by Gasteiger charge is -2.36. The predicted octanol–water partition coefficient (Wildman–Crippen LogP) is 1.79. The van der Waals surface area contributed by atoms with Gasteiger partial charge in [0.15, 0.2) is 0 Å². The van der Waals surface area contributed by atoms with Crippen molar-refractivity contribution in [3.05, 3.63) is 36.5 Å². The molecule has 2 N–H and O–H groups in total. The van der Waals surface area contributed by atoms with E-state index in [2.05, 4.69) is 39.1 Å². The van der Waals surface area contributed by atoms with Crippen LogP contribution >= 0.6 is 0 Å². The molecule has 0 saturated heterocycles. The number of nitrogens with zero attached hydrogens (tertiary/aromatic N) is 3. The molecule has 108 valence electrons. The SMILES string of the molecule is Bc1cnc(N)nc1N(c1ccccc1)C1CCCCC1. The molecule has 4 nitrogen and oxygen atoms in total. The van der Waals surface area contributed by atoms with E-state index in [4.69, 9.17) is 5.73 Å². The molecule has 1 aromatic heterocycles. The van der Waals surface area contributed by atoms with E-state index in [-0.39, 0.29) is 0 Å². The second-order valence-corrected chi connectivity index (χ2v) is 5.73. The first-order chi connectivity index (χ1) is 10.3. The summed E-state index contributed by atoms with van der Waals surface area (Å²) in [6, 6.07) is 11.0. The van der Waals surface area contributed by atoms with Crippen molar-refractivity contribution in [1.29, 1.82) is 0 Å². The number of hydrogen-bond acceptors (Lipinski definition) is 4. The molecule has 0 radical (unpaired) electrons. The Labute approximate surface area is 126 Å². The minimum Gasteiger partial charge on any atom is -0.368 e. The van der Waals surface area contributed by atoms with Crippen molar-refractivity contribution < 1.29 is 0 Å². The van der Waals surface area contributed by atoms with Gasteiger partial charge >= 0.3 is 0 Å². The van der Waals surface area contributed by atoms with Crippen LogP contribution in [0.15, 0.2) is 36.5 Å². The van der Waals surface area contributed by atoms with Gasteiger partial charge in [-0.1, -0.05) is 37.5 Å². The molecule has 21 heavy (non-hydrogen) atoms. The minimum absolute atomic E-state index is 0.340. The topological polar surface area (TPSA) is 55.0 Å². The quantitative estimate of drug-likeness (QED) is 0.871. The average Bonchev–Trinajstić information content (AvgIpc) is 2.53. The molecule has 3 rings (SSSR count). The van der Waals surface area contributed by atoms with Crippen LogP contribution in [-0.2, 0) is 0 Å². The van der Waals surface area contributed by atoms with E-state index in [9.17, 15) is 0 Å². The maximum Gasteiger partial charge on any atom is 0.221 e. The van der Waals surface area contributed by atoms with Gasteiger partial charge in [-0.3, -0.25) is 0 Å². The standard InChI is InChI=1S/C16H21BN4/c17-14-11-19-16(18)20-15(14)21(12-7-3-1-4-8-12)13-9-5-2-6-10-13/h1,3-4,7-8,11,13H,2,5-6,9-10,17H2,(H2,18,19,20). The van der Waals surface area contributed by atoms with Crippen LogP contribution in [0.3, 0.4) is 0 Å². The Balaban J connectivity index is 2.05. The van der Waals surface area contributed by atoms with Gasteiger partial charge in [0.1, 0.15) is 13.7 Å². The van der Waals surface area contributed by atoms with Crippen LogP contribution in [0, 0.1) is 0 Å². The molecule has 1 fully saturated rings. The molecule has 0 bridgehead atoms. The molecular formula is C16H21BN4. The number of para-hydroxylation sites is 1. The van der Waals surface area contributed by atoms with Crippen LogP contribution in [0.2, 0.25) is 0 Å². The number of benzene rings is 1. The van der Waals surface area contributed by atoms with E-state index < -0.39 is 0 Å². The van der Waals surface area contributed by atoms with Crippen molar-refractivity contribution in [3.8, 4) is 0 Å². The zero-order valence-corrected chi connectivity index (χ0v) is 12.5. The summed E-state index contributed by atoms with van der Waals surface area (Å²) in [4.78, 5) is 11.0. The fraction of sp³-hybridized carbons (Fsp3) is 0.375. The van der Waals surface area contributed by atoms with Crippen molar-refractivity contribution in [3.63, 3.8) is 0 Å². The summed E-state index contributed by atoms with van der Waals surface area (Å²) >= 11 is 0. The first-order valence-electron chi connectivity index (χ1n) is 7.69. The summed E-state index contributed by atoms with van der Waals surface area (Å²) < 4.78 is 0. The van der Waals surface area contributed by atoms with E-state index in [1.807, 2.05) is 20.1 Å². The second-order valence-electron chi connectivity index (χ2n) is 5.73. The molecule has 1 aliphatic carbocycles. The number of hydrogen-bond donors (Lipinski definition) is 1. The maximum absolute atomic E-state index is 5.82. The molecule has 0 atom stereocenters. The maximum atomic E-state index is 5.82. The van der Waals surface area contributed by atoms with Crippen LogP contribution in [0.4, 0.5) is 17.5 Å². The van der Waals surface area contributed by atoms with Gasteiger partial charge in [-0.2, -0.15) is 4.98 Å². The van der Waals surface area contributed by atoms with Gasteiger partial charge in [0.05, 0.1) is 0 Å². The third-order valence-electron chi connectivity index (χ3n) is 4.17. The van der Waals surface area contributed by atoms with Crippen LogP contribution in [0.25, 0.3) is 0 Å². The largest absolute Gasteiger partial charge is 0.368 e. The Hall–Kier alpha value is -2.04. The number of rotatable bonds is 3. The molecule has 0 aliphatic heterocycles.